The van der Waals surface area contributed by atoms with Gasteiger partial charge in [0, 0.05) is 12.1 Å². The molecule has 106 valence electrons. The Kier molecular flexibility index (Phi) is 5.50. The maximum atomic E-state index is 13.0. The van der Waals surface area contributed by atoms with Crippen molar-refractivity contribution in [2.24, 2.45) is 5.41 Å². The fourth-order valence-electron chi connectivity index (χ4n) is 1.73. The van der Waals surface area contributed by atoms with Crippen LogP contribution in [0.3, 0.4) is 0 Å². The van der Waals surface area contributed by atoms with Crippen LogP contribution in [0.15, 0.2) is 22.7 Å². The highest BCUT2D eigenvalue weighted by atomic mass is 79.9. The monoisotopic (exact) mass is 331 g/mol. The number of hydrogen-bond acceptors (Lipinski definition) is 2. The second kappa shape index (κ2) is 6.48. The zero-order chi connectivity index (χ0) is 14.6. The summed E-state index contributed by atoms with van der Waals surface area (Å²) in [4.78, 5) is 11.8. The minimum Gasteiger partial charge on any atom is -0.391 e. The number of nitrogens with one attached hydrogen (secondary N) is 1. The van der Waals surface area contributed by atoms with E-state index in [1.54, 1.807) is 0 Å². The topological polar surface area (TPSA) is 49.3 Å². The first-order chi connectivity index (χ1) is 8.69. The summed E-state index contributed by atoms with van der Waals surface area (Å²) in [6, 6.07) is 4.05. The molecule has 1 aromatic carbocycles. The summed E-state index contributed by atoms with van der Waals surface area (Å²) >= 11 is 3.03. The van der Waals surface area contributed by atoms with E-state index in [1.165, 1.54) is 18.2 Å². The summed E-state index contributed by atoms with van der Waals surface area (Å²) in [7, 11) is 0. The summed E-state index contributed by atoms with van der Waals surface area (Å²) in [5.41, 5.74) is 0.361. The Morgan fingerprint density at radius 2 is 2.11 bits per heavy atom. The molecule has 1 atom stereocenters. The van der Waals surface area contributed by atoms with Crippen LogP contribution in [0.4, 0.5) is 4.39 Å². The molecule has 19 heavy (non-hydrogen) atoms. The predicted octanol–water partition coefficient (Wildman–Crippen LogP) is 3.12. The Morgan fingerprint density at radius 1 is 1.47 bits per heavy atom. The minimum atomic E-state index is -0.590. The number of halogens is 2. The van der Waals surface area contributed by atoms with Gasteiger partial charge < -0.3 is 10.4 Å². The first-order valence-electron chi connectivity index (χ1n) is 6.10. The molecule has 3 nitrogen and oxygen atoms in total. The Bertz CT molecular complexity index is 457. The molecule has 0 aliphatic rings. The SMILES string of the molecule is CC(C)(C)CC(O)CNC(=O)c1ccc(F)c(Br)c1. The second-order valence-electron chi connectivity index (χ2n) is 5.76. The second-order valence-corrected chi connectivity index (χ2v) is 6.61. The summed E-state index contributed by atoms with van der Waals surface area (Å²) in [6.07, 6.45) is 0.00765. The zero-order valence-electron chi connectivity index (χ0n) is 11.3. The van der Waals surface area contributed by atoms with Crippen LogP contribution in [0.2, 0.25) is 0 Å². The maximum Gasteiger partial charge on any atom is 0.251 e. The minimum absolute atomic E-state index is 0.00302. The summed E-state index contributed by atoms with van der Waals surface area (Å²) in [5.74, 6) is -0.738. The third-order valence-electron chi connectivity index (χ3n) is 2.53. The third-order valence-corrected chi connectivity index (χ3v) is 3.14. The number of carbonyl (C=O) groups excluding carboxylic acids is 1. The number of aliphatic hydroxyl groups excluding tert-OH is 1. The number of hydrogen-bond donors (Lipinski definition) is 2. The smallest absolute Gasteiger partial charge is 0.251 e. The molecule has 0 radical (unpaired) electrons. The molecule has 0 aliphatic heterocycles. The first kappa shape index (κ1) is 16.1. The van der Waals surface area contributed by atoms with Gasteiger partial charge >= 0.3 is 0 Å². The summed E-state index contributed by atoms with van der Waals surface area (Å²) < 4.78 is 13.3. The van der Waals surface area contributed by atoms with Gasteiger partial charge in [0.15, 0.2) is 0 Å². The van der Waals surface area contributed by atoms with Gasteiger partial charge in [0.05, 0.1) is 10.6 Å². The molecule has 1 rings (SSSR count). The third kappa shape index (κ3) is 5.70. The van der Waals surface area contributed by atoms with Crippen LogP contribution in [0.5, 0.6) is 0 Å². The molecule has 0 bridgehead atoms. The van der Waals surface area contributed by atoms with Crippen molar-refractivity contribution in [3.05, 3.63) is 34.1 Å². The van der Waals surface area contributed by atoms with E-state index in [1.807, 2.05) is 20.8 Å². The van der Waals surface area contributed by atoms with Gasteiger partial charge in [0.2, 0.25) is 0 Å². The van der Waals surface area contributed by atoms with Crippen molar-refractivity contribution in [1.29, 1.82) is 0 Å². The molecule has 0 aromatic heterocycles. The summed E-state index contributed by atoms with van der Waals surface area (Å²) in [5, 5.41) is 12.4. The molecule has 1 amide bonds. The van der Waals surface area contributed by atoms with Gasteiger partial charge in [-0.25, -0.2) is 4.39 Å². The molecule has 0 heterocycles. The fraction of sp³-hybridized carbons (Fsp3) is 0.500. The Morgan fingerprint density at radius 3 is 2.63 bits per heavy atom. The Balaban J connectivity index is 2.53. The quantitative estimate of drug-likeness (QED) is 0.890. The highest BCUT2D eigenvalue weighted by molar-refractivity contribution is 9.10. The molecular weight excluding hydrogens is 313 g/mol. The number of aliphatic hydroxyl groups is 1. The van der Waals surface area contributed by atoms with Gasteiger partial charge in [-0.05, 0) is 46.0 Å². The van der Waals surface area contributed by atoms with Gasteiger partial charge in [-0.15, -0.1) is 0 Å². The summed E-state index contributed by atoms with van der Waals surface area (Å²) in [6.45, 7) is 6.25. The van der Waals surface area contributed by atoms with E-state index in [4.69, 9.17) is 0 Å². The van der Waals surface area contributed by atoms with Gasteiger partial charge in [0.25, 0.3) is 5.91 Å². The highest BCUT2D eigenvalue weighted by Crippen LogP contribution is 2.20. The predicted molar refractivity (Wildman–Crippen MR) is 76.5 cm³/mol. The fourth-order valence-corrected chi connectivity index (χ4v) is 2.11. The number of rotatable bonds is 4. The lowest BCUT2D eigenvalue weighted by Gasteiger charge is -2.22. The average Bonchev–Trinajstić information content (AvgIpc) is 2.27. The highest BCUT2D eigenvalue weighted by Gasteiger charge is 2.17. The van der Waals surface area contributed by atoms with Crippen LogP contribution in [-0.2, 0) is 0 Å². The molecule has 0 fully saturated rings. The van der Waals surface area contributed by atoms with E-state index < -0.39 is 11.9 Å². The van der Waals surface area contributed by atoms with E-state index >= 15 is 0 Å². The molecule has 0 spiro atoms. The Hall–Kier alpha value is -0.940. The normalized spacial score (nSPS) is 13.2. The average molecular weight is 332 g/mol. The van der Waals surface area contributed by atoms with E-state index in [0.717, 1.165) is 0 Å². The van der Waals surface area contributed by atoms with E-state index in [0.29, 0.717) is 12.0 Å². The van der Waals surface area contributed by atoms with Crippen LogP contribution >= 0.6 is 15.9 Å². The molecule has 0 saturated heterocycles. The van der Waals surface area contributed by atoms with Crippen molar-refractivity contribution in [3.63, 3.8) is 0 Å². The van der Waals surface area contributed by atoms with Gasteiger partial charge in [0.1, 0.15) is 5.82 Å². The zero-order valence-corrected chi connectivity index (χ0v) is 12.9. The molecule has 1 aromatic rings. The van der Waals surface area contributed by atoms with Gasteiger partial charge in [-0.3, -0.25) is 4.79 Å². The lowest BCUT2D eigenvalue weighted by atomic mass is 9.89. The van der Waals surface area contributed by atoms with Crippen LogP contribution in [0.1, 0.15) is 37.6 Å². The van der Waals surface area contributed by atoms with Crippen LogP contribution in [0.25, 0.3) is 0 Å². The molecule has 0 saturated carbocycles. The van der Waals surface area contributed by atoms with Crippen molar-refractivity contribution >= 4 is 21.8 Å². The lowest BCUT2D eigenvalue weighted by molar-refractivity contribution is 0.0868. The van der Waals surface area contributed by atoms with E-state index in [2.05, 4.69) is 21.2 Å². The number of benzene rings is 1. The van der Waals surface area contributed by atoms with Crippen LogP contribution in [-0.4, -0.2) is 23.7 Å². The molecule has 0 aliphatic carbocycles. The molecule has 1 unspecified atom stereocenters. The molecular formula is C14H19BrFNO2. The lowest BCUT2D eigenvalue weighted by Crippen LogP contribution is -2.34. The Labute approximate surface area is 121 Å². The van der Waals surface area contributed by atoms with Gasteiger partial charge in [-0.1, -0.05) is 20.8 Å². The van der Waals surface area contributed by atoms with Crippen molar-refractivity contribution in [3.8, 4) is 0 Å². The van der Waals surface area contributed by atoms with Crippen molar-refractivity contribution in [2.75, 3.05) is 6.54 Å². The van der Waals surface area contributed by atoms with Crippen molar-refractivity contribution in [2.45, 2.75) is 33.3 Å². The van der Waals surface area contributed by atoms with Crippen molar-refractivity contribution in [1.82, 2.24) is 5.32 Å². The van der Waals surface area contributed by atoms with Crippen LogP contribution < -0.4 is 5.32 Å². The maximum absolute atomic E-state index is 13.0. The number of amides is 1. The standard InChI is InChI=1S/C14H19BrFNO2/c1-14(2,3)7-10(18)8-17-13(19)9-4-5-12(16)11(15)6-9/h4-6,10,18H,7-8H2,1-3H3,(H,17,19). The number of carbonyl (C=O) groups is 1. The van der Waals surface area contributed by atoms with Crippen molar-refractivity contribution < 1.29 is 14.3 Å². The first-order valence-corrected chi connectivity index (χ1v) is 6.89. The van der Waals surface area contributed by atoms with Gasteiger partial charge in [-0.2, -0.15) is 0 Å². The molecule has 2 N–H and O–H groups in total. The molecule has 5 heteroatoms. The van der Waals surface area contributed by atoms with E-state index in [9.17, 15) is 14.3 Å². The van der Waals surface area contributed by atoms with Crippen LogP contribution in [0, 0.1) is 11.2 Å². The van der Waals surface area contributed by atoms with E-state index in [-0.39, 0.29) is 22.3 Å². The largest absolute Gasteiger partial charge is 0.391 e.